The largest absolute Gasteiger partial charge is 0.483 e. The summed E-state index contributed by atoms with van der Waals surface area (Å²) in [6.07, 6.45) is 1.00. The van der Waals surface area contributed by atoms with Crippen LogP contribution in [0.4, 0.5) is 17.6 Å². The highest BCUT2D eigenvalue weighted by molar-refractivity contribution is 5.34. The molecule has 29 heavy (non-hydrogen) atoms. The molecule has 0 saturated carbocycles. The number of hydrogen-bond donors (Lipinski definition) is 0. The minimum absolute atomic E-state index is 0.0640. The van der Waals surface area contributed by atoms with Crippen LogP contribution in [0.5, 0.6) is 5.75 Å². The topological polar surface area (TPSA) is 9.23 Å². The van der Waals surface area contributed by atoms with Crippen LogP contribution in [0.1, 0.15) is 70.6 Å². The van der Waals surface area contributed by atoms with Crippen molar-refractivity contribution in [3.63, 3.8) is 0 Å². The fourth-order valence-corrected chi connectivity index (χ4v) is 3.39. The zero-order valence-corrected chi connectivity index (χ0v) is 18.2. The van der Waals surface area contributed by atoms with Gasteiger partial charge in [0.25, 0.3) is 0 Å². The molecule has 0 aliphatic heterocycles. The van der Waals surface area contributed by atoms with Crippen molar-refractivity contribution in [2.75, 3.05) is 0 Å². The van der Waals surface area contributed by atoms with E-state index in [0.29, 0.717) is 11.5 Å². The van der Waals surface area contributed by atoms with Crippen molar-refractivity contribution in [3.8, 4) is 5.75 Å². The lowest BCUT2D eigenvalue weighted by molar-refractivity contribution is 0.229. The minimum Gasteiger partial charge on any atom is -0.483 e. The van der Waals surface area contributed by atoms with Crippen LogP contribution in [-0.4, -0.2) is 0 Å². The first-order chi connectivity index (χ1) is 13.2. The summed E-state index contributed by atoms with van der Waals surface area (Å²) in [7, 11) is 0. The monoisotopic (exact) mass is 410 g/mol. The number of hydrogen-bond acceptors (Lipinski definition) is 1. The SMILES string of the molecule is Cc1c(F)c(F)c(OCc2ccc(C(CC(C)(C)C)C(C)(C)C)cc2)c(F)c1F. The van der Waals surface area contributed by atoms with Gasteiger partial charge < -0.3 is 4.74 Å². The average molecular weight is 410 g/mol. The number of halogens is 4. The van der Waals surface area contributed by atoms with E-state index in [9.17, 15) is 17.6 Å². The van der Waals surface area contributed by atoms with Crippen molar-refractivity contribution < 1.29 is 22.3 Å². The Hall–Kier alpha value is -2.04. The molecule has 1 unspecified atom stereocenters. The molecule has 160 valence electrons. The molecule has 5 heteroatoms. The van der Waals surface area contributed by atoms with Gasteiger partial charge in [-0.3, -0.25) is 0 Å². The molecule has 0 amide bonds. The molecule has 0 radical (unpaired) electrons. The Balaban J connectivity index is 2.22. The summed E-state index contributed by atoms with van der Waals surface area (Å²) < 4.78 is 60.4. The van der Waals surface area contributed by atoms with Crippen molar-refractivity contribution in [1.29, 1.82) is 0 Å². The third-order valence-corrected chi connectivity index (χ3v) is 5.07. The van der Waals surface area contributed by atoms with Crippen molar-refractivity contribution in [2.45, 2.75) is 67.4 Å². The summed E-state index contributed by atoms with van der Waals surface area (Å²) in [4.78, 5) is 0. The van der Waals surface area contributed by atoms with E-state index in [2.05, 4.69) is 41.5 Å². The first-order valence-corrected chi connectivity index (χ1v) is 9.76. The minimum atomic E-state index is -1.52. The summed E-state index contributed by atoms with van der Waals surface area (Å²) in [6.45, 7) is 14.0. The Labute approximate surface area is 171 Å². The predicted octanol–water partition coefficient (Wildman–Crippen LogP) is 7.70. The van der Waals surface area contributed by atoms with Crippen molar-refractivity contribution >= 4 is 0 Å². The average Bonchev–Trinajstić information content (AvgIpc) is 2.62. The van der Waals surface area contributed by atoms with Crippen LogP contribution in [0.3, 0.4) is 0 Å². The molecule has 0 aromatic heterocycles. The van der Waals surface area contributed by atoms with E-state index in [1.807, 2.05) is 24.3 Å². The molecule has 2 aromatic rings. The molecule has 0 heterocycles. The van der Waals surface area contributed by atoms with Gasteiger partial charge in [0.15, 0.2) is 17.4 Å². The number of rotatable bonds is 5. The van der Waals surface area contributed by atoms with E-state index < -0.39 is 34.6 Å². The quantitative estimate of drug-likeness (QED) is 0.362. The Kier molecular flexibility index (Phi) is 6.71. The van der Waals surface area contributed by atoms with Crippen molar-refractivity contribution in [3.05, 3.63) is 64.2 Å². The van der Waals surface area contributed by atoms with E-state index in [1.165, 1.54) is 5.56 Å². The van der Waals surface area contributed by atoms with E-state index in [0.717, 1.165) is 13.3 Å². The standard InChI is InChI=1S/C24H30F4O/c1-14-18(25)20(27)22(21(28)19(14)26)29-13-15-8-10-16(11-9-15)17(24(5,6)7)12-23(2,3)4/h8-11,17H,12-13H2,1-7H3. The summed E-state index contributed by atoms with van der Waals surface area (Å²) >= 11 is 0. The summed E-state index contributed by atoms with van der Waals surface area (Å²) in [5.41, 5.74) is 1.34. The Morgan fingerprint density at radius 3 is 1.69 bits per heavy atom. The van der Waals surface area contributed by atoms with Gasteiger partial charge in [0.1, 0.15) is 6.61 Å². The molecule has 0 aliphatic rings. The molecule has 0 spiro atoms. The molecule has 2 aromatic carbocycles. The molecule has 0 N–H and O–H groups in total. The lowest BCUT2D eigenvalue weighted by atomic mass is 9.69. The molecular weight excluding hydrogens is 380 g/mol. The molecular formula is C24H30F4O. The van der Waals surface area contributed by atoms with E-state index >= 15 is 0 Å². The molecule has 1 atom stereocenters. The second kappa shape index (κ2) is 8.37. The lowest BCUT2D eigenvalue weighted by Gasteiger charge is -2.36. The van der Waals surface area contributed by atoms with Crippen LogP contribution in [0.2, 0.25) is 0 Å². The van der Waals surface area contributed by atoms with Crippen LogP contribution in [0, 0.1) is 41.0 Å². The molecule has 0 fully saturated rings. The Morgan fingerprint density at radius 2 is 1.28 bits per heavy atom. The van der Waals surface area contributed by atoms with Gasteiger partial charge in [0.05, 0.1) is 0 Å². The summed E-state index contributed by atoms with van der Waals surface area (Å²) in [5.74, 6) is -6.62. The van der Waals surface area contributed by atoms with Gasteiger partial charge in [-0.25, -0.2) is 8.78 Å². The van der Waals surface area contributed by atoms with Crippen LogP contribution in [0.15, 0.2) is 24.3 Å². The van der Waals surface area contributed by atoms with E-state index in [4.69, 9.17) is 4.74 Å². The predicted molar refractivity (Wildman–Crippen MR) is 108 cm³/mol. The van der Waals surface area contributed by atoms with E-state index in [1.54, 1.807) is 0 Å². The zero-order valence-electron chi connectivity index (χ0n) is 18.2. The second-order valence-corrected chi connectivity index (χ2v) is 9.92. The second-order valence-electron chi connectivity index (χ2n) is 9.92. The first-order valence-electron chi connectivity index (χ1n) is 9.76. The lowest BCUT2D eigenvalue weighted by Crippen LogP contribution is -2.23. The van der Waals surface area contributed by atoms with Gasteiger partial charge in [-0.15, -0.1) is 0 Å². The third kappa shape index (κ3) is 5.52. The van der Waals surface area contributed by atoms with Crippen LogP contribution in [0.25, 0.3) is 0 Å². The van der Waals surface area contributed by atoms with Crippen LogP contribution >= 0.6 is 0 Å². The van der Waals surface area contributed by atoms with Crippen LogP contribution in [-0.2, 0) is 6.61 Å². The smallest absolute Gasteiger partial charge is 0.204 e. The van der Waals surface area contributed by atoms with E-state index in [-0.39, 0.29) is 17.4 Å². The zero-order chi connectivity index (χ0) is 22.1. The van der Waals surface area contributed by atoms with Gasteiger partial charge >= 0.3 is 0 Å². The van der Waals surface area contributed by atoms with Crippen molar-refractivity contribution in [2.24, 2.45) is 10.8 Å². The Morgan fingerprint density at radius 1 is 0.793 bits per heavy atom. The maximum atomic E-state index is 14.0. The first kappa shape index (κ1) is 23.2. The van der Waals surface area contributed by atoms with Gasteiger partial charge in [-0.1, -0.05) is 65.8 Å². The van der Waals surface area contributed by atoms with Gasteiger partial charge in [-0.2, -0.15) is 8.78 Å². The fraction of sp³-hybridized carbons (Fsp3) is 0.500. The van der Waals surface area contributed by atoms with Gasteiger partial charge in [0.2, 0.25) is 11.6 Å². The maximum absolute atomic E-state index is 14.0. The highest BCUT2D eigenvalue weighted by atomic mass is 19.2. The molecule has 0 aliphatic carbocycles. The summed E-state index contributed by atoms with van der Waals surface area (Å²) in [5, 5.41) is 0. The molecule has 1 nitrogen and oxygen atoms in total. The van der Waals surface area contributed by atoms with Crippen LogP contribution < -0.4 is 4.74 Å². The molecule has 0 saturated heterocycles. The normalized spacial score (nSPS) is 13.5. The Bertz CT molecular complexity index is 829. The highest BCUT2D eigenvalue weighted by Crippen LogP contribution is 2.43. The number of ether oxygens (including phenoxy) is 1. The van der Waals surface area contributed by atoms with Gasteiger partial charge in [-0.05, 0) is 41.2 Å². The van der Waals surface area contributed by atoms with Crippen molar-refractivity contribution in [1.82, 2.24) is 0 Å². The highest BCUT2D eigenvalue weighted by Gasteiger charge is 2.30. The van der Waals surface area contributed by atoms with Gasteiger partial charge in [0, 0.05) is 5.56 Å². The molecule has 0 bridgehead atoms. The summed E-state index contributed by atoms with van der Waals surface area (Å²) in [6, 6.07) is 7.58. The molecule has 2 rings (SSSR count). The number of benzene rings is 2. The third-order valence-electron chi connectivity index (χ3n) is 5.07. The maximum Gasteiger partial charge on any atom is 0.204 e. The fourth-order valence-electron chi connectivity index (χ4n) is 3.39.